The molecule has 0 spiro atoms. The fraction of sp³-hybridized carbons (Fsp3) is 0.647. The molecule has 3 heteroatoms. The molecule has 2 saturated heterocycles. The van der Waals surface area contributed by atoms with Gasteiger partial charge in [0.15, 0.2) is 0 Å². The molecule has 110 valence electrons. The Hall–Kier alpha value is -0.900. The van der Waals surface area contributed by atoms with Gasteiger partial charge in [-0.1, -0.05) is 37.3 Å². The number of rotatable bonds is 8. The van der Waals surface area contributed by atoms with Crippen LogP contribution in [0.3, 0.4) is 0 Å². The van der Waals surface area contributed by atoms with Crippen LogP contribution in [0.2, 0.25) is 0 Å². The molecule has 0 bridgehead atoms. The molecule has 3 rings (SSSR count). The van der Waals surface area contributed by atoms with E-state index in [4.69, 9.17) is 14.2 Å². The quantitative estimate of drug-likeness (QED) is 0.684. The van der Waals surface area contributed by atoms with Gasteiger partial charge >= 0.3 is 0 Å². The second-order valence-corrected chi connectivity index (χ2v) is 6.16. The van der Waals surface area contributed by atoms with Crippen LogP contribution in [0.25, 0.3) is 0 Å². The molecule has 0 saturated carbocycles. The van der Waals surface area contributed by atoms with Crippen molar-refractivity contribution in [3.63, 3.8) is 0 Å². The molecule has 0 aromatic heterocycles. The molecule has 2 aliphatic rings. The summed E-state index contributed by atoms with van der Waals surface area (Å²) in [5, 5.41) is 0. The summed E-state index contributed by atoms with van der Waals surface area (Å²) >= 11 is 0. The number of ether oxygens (including phenoxy) is 3. The van der Waals surface area contributed by atoms with Gasteiger partial charge in [-0.2, -0.15) is 0 Å². The Balaban J connectivity index is 1.31. The zero-order valence-corrected chi connectivity index (χ0v) is 12.2. The van der Waals surface area contributed by atoms with Crippen molar-refractivity contribution >= 4 is 0 Å². The Morgan fingerprint density at radius 3 is 2.65 bits per heavy atom. The maximum absolute atomic E-state index is 5.80. The normalized spacial score (nSPS) is 29.8. The monoisotopic (exact) mass is 276 g/mol. The molecule has 0 radical (unpaired) electrons. The first-order valence-electron chi connectivity index (χ1n) is 7.66. The summed E-state index contributed by atoms with van der Waals surface area (Å²) in [5.41, 5.74) is 1.24. The van der Waals surface area contributed by atoms with Crippen LogP contribution in [-0.4, -0.2) is 32.0 Å². The smallest absolute Gasteiger partial charge is 0.0814 e. The van der Waals surface area contributed by atoms with E-state index in [0.29, 0.717) is 30.7 Å². The van der Waals surface area contributed by atoms with Crippen LogP contribution in [0, 0.1) is 11.8 Å². The van der Waals surface area contributed by atoms with Crippen molar-refractivity contribution in [2.24, 2.45) is 11.8 Å². The summed E-state index contributed by atoms with van der Waals surface area (Å²) in [4.78, 5) is 0. The molecule has 0 N–H and O–H groups in total. The standard InChI is InChI=1S/C17H24O3/c1-13(9-18-10-14-5-3-2-4-6-14)7-17-15(11-20-17)8-16-12-19-16/h2-6,13,15-17H,7-12H2,1H3/t13?,15-,16?,17+/m1/s1. The first-order chi connectivity index (χ1) is 9.81. The van der Waals surface area contributed by atoms with Gasteiger partial charge < -0.3 is 14.2 Å². The Morgan fingerprint density at radius 1 is 1.20 bits per heavy atom. The van der Waals surface area contributed by atoms with Gasteiger partial charge in [0.1, 0.15) is 0 Å². The van der Waals surface area contributed by atoms with Crippen LogP contribution >= 0.6 is 0 Å². The third-order valence-electron chi connectivity index (χ3n) is 4.17. The van der Waals surface area contributed by atoms with Crippen LogP contribution in [-0.2, 0) is 20.8 Å². The van der Waals surface area contributed by atoms with Crippen molar-refractivity contribution in [1.29, 1.82) is 0 Å². The summed E-state index contributed by atoms with van der Waals surface area (Å²) in [6.07, 6.45) is 3.24. The fourth-order valence-electron chi connectivity index (χ4n) is 2.81. The Kier molecular flexibility index (Phi) is 4.71. The number of epoxide rings is 1. The molecule has 2 unspecified atom stereocenters. The molecular weight excluding hydrogens is 252 g/mol. The summed E-state index contributed by atoms with van der Waals surface area (Å²) in [6.45, 7) is 5.63. The first-order valence-corrected chi connectivity index (χ1v) is 7.66. The van der Waals surface area contributed by atoms with E-state index in [1.807, 2.05) is 6.07 Å². The lowest BCUT2D eigenvalue weighted by Gasteiger charge is -2.38. The molecular formula is C17H24O3. The summed E-state index contributed by atoms with van der Waals surface area (Å²) in [7, 11) is 0. The van der Waals surface area contributed by atoms with E-state index in [-0.39, 0.29) is 0 Å². The first kappa shape index (κ1) is 14.1. The van der Waals surface area contributed by atoms with Crippen molar-refractivity contribution < 1.29 is 14.2 Å². The van der Waals surface area contributed by atoms with Crippen LogP contribution < -0.4 is 0 Å². The summed E-state index contributed by atoms with van der Waals surface area (Å²) in [6, 6.07) is 10.3. The largest absolute Gasteiger partial charge is 0.377 e. The minimum atomic E-state index is 0.425. The highest BCUT2D eigenvalue weighted by Gasteiger charge is 2.38. The van der Waals surface area contributed by atoms with E-state index in [1.54, 1.807) is 0 Å². The van der Waals surface area contributed by atoms with E-state index in [0.717, 1.165) is 26.2 Å². The van der Waals surface area contributed by atoms with E-state index in [1.165, 1.54) is 12.0 Å². The van der Waals surface area contributed by atoms with E-state index in [9.17, 15) is 0 Å². The van der Waals surface area contributed by atoms with Gasteiger partial charge in [-0.3, -0.25) is 0 Å². The Bertz CT molecular complexity index is 402. The highest BCUT2D eigenvalue weighted by atomic mass is 16.6. The predicted octanol–water partition coefficient (Wildman–Crippen LogP) is 3.03. The van der Waals surface area contributed by atoms with Gasteiger partial charge in [-0.05, 0) is 24.3 Å². The molecule has 20 heavy (non-hydrogen) atoms. The highest BCUT2D eigenvalue weighted by molar-refractivity contribution is 5.13. The van der Waals surface area contributed by atoms with Crippen molar-refractivity contribution in [2.75, 3.05) is 19.8 Å². The third-order valence-corrected chi connectivity index (χ3v) is 4.17. The van der Waals surface area contributed by atoms with Crippen LogP contribution in [0.4, 0.5) is 0 Å². The lowest BCUT2D eigenvalue weighted by molar-refractivity contribution is -0.131. The third kappa shape index (κ3) is 4.05. The Labute approximate surface area is 121 Å². The van der Waals surface area contributed by atoms with Gasteiger partial charge in [-0.15, -0.1) is 0 Å². The minimum absolute atomic E-state index is 0.425. The number of hydrogen-bond acceptors (Lipinski definition) is 3. The Morgan fingerprint density at radius 2 is 2.00 bits per heavy atom. The van der Waals surface area contributed by atoms with Gasteiger partial charge in [0.2, 0.25) is 0 Å². The molecule has 0 amide bonds. The van der Waals surface area contributed by atoms with Crippen LogP contribution in [0.15, 0.2) is 30.3 Å². The molecule has 3 nitrogen and oxygen atoms in total. The van der Waals surface area contributed by atoms with Crippen molar-refractivity contribution in [3.8, 4) is 0 Å². The maximum atomic E-state index is 5.80. The SMILES string of the molecule is CC(COCc1ccccc1)C[C@@H]1OC[C@H]1CC1CO1. The molecule has 2 aliphatic heterocycles. The zero-order chi connectivity index (χ0) is 13.8. The number of hydrogen-bond donors (Lipinski definition) is 0. The van der Waals surface area contributed by atoms with Crippen LogP contribution in [0.1, 0.15) is 25.3 Å². The summed E-state index contributed by atoms with van der Waals surface area (Å²) in [5.74, 6) is 1.26. The lowest BCUT2D eigenvalue weighted by atomic mass is 9.87. The molecule has 4 atom stereocenters. The van der Waals surface area contributed by atoms with E-state index in [2.05, 4.69) is 31.2 Å². The average molecular weight is 276 g/mol. The zero-order valence-electron chi connectivity index (χ0n) is 12.2. The molecule has 0 aliphatic carbocycles. The predicted molar refractivity (Wildman–Crippen MR) is 77.5 cm³/mol. The topological polar surface area (TPSA) is 31.0 Å². The van der Waals surface area contributed by atoms with Crippen molar-refractivity contribution in [2.45, 2.75) is 38.6 Å². The number of benzene rings is 1. The van der Waals surface area contributed by atoms with Crippen molar-refractivity contribution in [1.82, 2.24) is 0 Å². The average Bonchev–Trinajstić information content (AvgIpc) is 3.26. The molecule has 1 aromatic rings. The maximum Gasteiger partial charge on any atom is 0.0814 e. The highest BCUT2D eigenvalue weighted by Crippen LogP contribution is 2.33. The fourth-order valence-corrected chi connectivity index (χ4v) is 2.81. The minimum Gasteiger partial charge on any atom is -0.377 e. The summed E-state index contributed by atoms with van der Waals surface area (Å²) < 4.78 is 16.8. The van der Waals surface area contributed by atoms with Crippen LogP contribution in [0.5, 0.6) is 0 Å². The van der Waals surface area contributed by atoms with E-state index >= 15 is 0 Å². The lowest BCUT2D eigenvalue weighted by Crippen LogP contribution is -2.41. The molecule has 2 heterocycles. The van der Waals surface area contributed by atoms with E-state index < -0.39 is 0 Å². The second-order valence-electron chi connectivity index (χ2n) is 6.16. The van der Waals surface area contributed by atoms with Gasteiger partial charge in [0, 0.05) is 12.5 Å². The second kappa shape index (κ2) is 6.70. The van der Waals surface area contributed by atoms with Crippen molar-refractivity contribution in [3.05, 3.63) is 35.9 Å². The molecule has 1 aromatic carbocycles. The van der Waals surface area contributed by atoms with Gasteiger partial charge in [0.05, 0.1) is 32.0 Å². The van der Waals surface area contributed by atoms with Gasteiger partial charge in [-0.25, -0.2) is 0 Å². The molecule has 2 fully saturated rings. The van der Waals surface area contributed by atoms with Gasteiger partial charge in [0.25, 0.3) is 0 Å².